The Balaban J connectivity index is 3.08. The Bertz CT molecular complexity index is 171. The number of nitrogens with two attached hydrogens (primary N) is 1. The molecule has 0 fully saturated rings. The van der Waals surface area contributed by atoms with E-state index in [2.05, 4.69) is 15.0 Å². The summed E-state index contributed by atoms with van der Waals surface area (Å²) in [6.45, 7) is 0. The van der Waals surface area contributed by atoms with Gasteiger partial charge in [-0.05, 0) is 0 Å². The molecule has 1 heterocycles. The first-order chi connectivity index (χ1) is 3.79. The smallest absolute Gasteiger partial charge is 0.222 e. The average molecular weight is 106 g/mol. The molecule has 0 spiro atoms. The van der Waals surface area contributed by atoms with Gasteiger partial charge >= 0.3 is 0 Å². The van der Waals surface area contributed by atoms with Gasteiger partial charge in [-0.3, -0.25) is 0 Å². The first-order valence-corrected chi connectivity index (χ1v) is 1.99. The Morgan fingerprint density at radius 3 is 2.62 bits per heavy atom. The van der Waals surface area contributed by atoms with E-state index in [-0.39, 0.29) is 11.7 Å². The van der Waals surface area contributed by atoms with Crippen molar-refractivity contribution in [3.05, 3.63) is 6.33 Å². The number of nitrogen functional groups attached to an aromatic ring is 1. The molecule has 5 heteroatoms. The zero-order valence-corrected chi connectivity index (χ0v) is 4.07. The van der Waals surface area contributed by atoms with Crippen molar-refractivity contribution in [2.45, 2.75) is 0 Å². The Hall–Kier alpha value is -1.13. The summed E-state index contributed by atoms with van der Waals surface area (Å²) in [4.78, 5) is 10.5. The van der Waals surface area contributed by atoms with Crippen molar-refractivity contribution >= 4 is 19.5 Å². The van der Waals surface area contributed by atoms with Crippen LogP contribution in [0.5, 0.6) is 0 Å². The Morgan fingerprint density at radius 2 is 2.25 bits per heavy atom. The molecule has 0 amide bonds. The third kappa shape index (κ3) is 0.929. The van der Waals surface area contributed by atoms with E-state index in [0.29, 0.717) is 0 Å². The minimum atomic E-state index is 0.150. The second kappa shape index (κ2) is 1.77. The molecule has 38 valence electrons. The summed E-state index contributed by atoms with van der Waals surface area (Å²) >= 11 is 0. The third-order valence-corrected chi connectivity index (χ3v) is 0.609. The minimum absolute atomic E-state index is 0.150. The third-order valence-electron chi connectivity index (χ3n) is 0.609. The molecular weight excluding hydrogens is 103 g/mol. The van der Waals surface area contributed by atoms with Crippen molar-refractivity contribution in [1.82, 2.24) is 15.0 Å². The first-order valence-electron chi connectivity index (χ1n) is 1.99. The molecule has 0 saturated heterocycles. The van der Waals surface area contributed by atoms with Gasteiger partial charge in [-0.2, -0.15) is 0 Å². The number of hydrogen-bond donors (Lipinski definition) is 1. The normalized spacial score (nSPS) is 9.00. The average Bonchev–Trinajstić information content (AvgIpc) is 1.64. The lowest BCUT2D eigenvalue weighted by Gasteiger charge is -1.88. The molecule has 2 radical (unpaired) electrons. The van der Waals surface area contributed by atoms with Crippen LogP contribution in [-0.4, -0.2) is 22.8 Å². The van der Waals surface area contributed by atoms with E-state index in [1.54, 1.807) is 0 Å². The molecule has 1 rings (SSSR count). The predicted octanol–water partition coefficient (Wildman–Crippen LogP) is -1.75. The van der Waals surface area contributed by atoms with Gasteiger partial charge in [-0.1, -0.05) is 0 Å². The molecule has 0 aliphatic rings. The van der Waals surface area contributed by atoms with Crippen LogP contribution < -0.4 is 11.5 Å². The van der Waals surface area contributed by atoms with Gasteiger partial charge in [0.2, 0.25) is 5.95 Å². The van der Waals surface area contributed by atoms with E-state index < -0.39 is 0 Å². The van der Waals surface area contributed by atoms with Crippen molar-refractivity contribution in [3.63, 3.8) is 0 Å². The maximum atomic E-state index is 5.12. The molecule has 1 aromatic rings. The zero-order valence-electron chi connectivity index (χ0n) is 4.07. The van der Waals surface area contributed by atoms with E-state index in [9.17, 15) is 0 Å². The van der Waals surface area contributed by atoms with E-state index in [1.165, 1.54) is 6.33 Å². The molecule has 0 aliphatic carbocycles. The summed E-state index contributed by atoms with van der Waals surface area (Å²) in [6, 6.07) is 0. The van der Waals surface area contributed by atoms with Gasteiger partial charge in [0.15, 0.2) is 7.85 Å². The Kier molecular flexibility index (Phi) is 1.11. The monoisotopic (exact) mass is 106 g/mol. The molecule has 4 nitrogen and oxygen atoms in total. The summed E-state index contributed by atoms with van der Waals surface area (Å²) in [5.74, 6) is 0.150. The van der Waals surface area contributed by atoms with Crippen molar-refractivity contribution in [2.75, 3.05) is 5.73 Å². The zero-order chi connectivity index (χ0) is 5.98. The quantitative estimate of drug-likeness (QED) is 0.398. The van der Waals surface area contributed by atoms with Crippen molar-refractivity contribution in [1.29, 1.82) is 0 Å². The Labute approximate surface area is 47.6 Å². The van der Waals surface area contributed by atoms with Crippen molar-refractivity contribution < 1.29 is 0 Å². The van der Waals surface area contributed by atoms with Crippen molar-refractivity contribution in [3.8, 4) is 0 Å². The fraction of sp³-hybridized carbons (Fsp3) is 0. The second-order valence-corrected chi connectivity index (χ2v) is 1.20. The highest BCUT2D eigenvalue weighted by Crippen LogP contribution is 1.75. The predicted molar refractivity (Wildman–Crippen MR) is 29.6 cm³/mol. The van der Waals surface area contributed by atoms with Crippen LogP contribution in [0.2, 0.25) is 0 Å². The summed E-state index contributed by atoms with van der Waals surface area (Å²) < 4.78 is 0. The first kappa shape index (κ1) is 5.02. The highest BCUT2D eigenvalue weighted by molar-refractivity contribution is 6.28. The van der Waals surface area contributed by atoms with Crippen LogP contribution >= 0.6 is 0 Å². The summed E-state index contributed by atoms with van der Waals surface area (Å²) in [6.07, 6.45) is 1.26. The highest BCUT2D eigenvalue weighted by Gasteiger charge is 1.85. The summed E-state index contributed by atoms with van der Waals surface area (Å²) in [7, 11) is 5.12. The van der Waals surface area contributed by atoms with Crippen LogP contribution in [0.25, 0.3) is 0 Å². The van der Waals surface area contributed by atoms with E-state index in [4.69, 9.17) is 13.6 Å². The standard InChI is InChI=1S/C3H3BN4/c4-2-6-1-7-3(5)8-2/h1H,(H2,5,6,7,8). The fourth-order valence-corrected chi connectivity index (χ4v) is 0.322. The molecule has 1 aromatic heterocycles. The summed E-state index contributed by atoms with van der Waals surface area (Å²) in [5.41, 5.74) is 5.27. The topological polar surface area (TPSA) is 64.7 Å². The van der Waals surface area contributed by atoms with E-state index >= 15 is 0 Å². The van der Waals surface area contributed by atoms with Gasteiger partial charge in [0.05, 0.1) is 5.72 Å². The maximum Gasteiger partial charge on any atom is 0.222 e. The lowest BCUT2D eigenvalue weighted by Crippen LogP contribution is -2.15. The van der Waals surface area contributed by atoms with E-state index in [1.807, 2.05) is 0 Å². The number of nitrogens with zero attached hydrogens (tertiary/aromatic N) is 3. The van der Waals surface area contributed by atoms with Crippen LogP contribution in [0.1, 0.15) is 0 Å². The van der Waals surface area contributed by atoms with Gasteiger partial charge in [-0.15, -0.1) is 0 Å². The molecule has 8 heavy (non-hydrogen) atoms. The van der Waals surface area contributed by atoms with Gasteiger partial charge < -0.3 is 5.73 Å². The lowest BCUT2D eigenvalue weighted by molar-refractivity contribution is 1.11. The molecule has 0 unspecified atom stereocenters. The second-order valence-electron chi connectivity index (χ2n) is 1.20. The van der Waals surface area contributed by atoms with Gasteiger partial charge in [-0.25, -0.2) is 15.0 Å². The van der Waals surface area contributed by atoms with Gasteiger partial charge in [0.25, 0.3) is 0 Å². The van der Waals surface area contributed by atoms with Gasteiger partial charge in [0, 0.05) is 0 Å². The minimum Gasteiger partial charge on any atom is -0.368 e. The van der Waals surface area contributed by atoms with Crippen LogP contribution in [0.3, 0.4) is 0 Å². The van der Waals surface area contributed by atoms with Crippen LogP contribution in [0, 0.1) is 0 Å². The maximum absolute atomic E-state index is 5.12. The molecule has 0 saturated carbocycles. The molecule has 2 N–H and O–H groups in total. The number of rotatable bonds is 0. The molecule has 0 aliphatic heterocycles. The molecular formula is C3H3BN4. The van der Waals surface area contributed by atoms with Gasteiger partial charge in [0.1, 0.15) is 6.33 Å². The largest absolute Gasteiger partial charge is 0.368 e. The SMILES string of the molecule is [B]c1ncnc(N)n1. The Morgan fingerprint density at radius 1 is 1.50 bits per heavy atom. The summed E-state index contributed by atoms with van der Waals surface area (Å²) in [5, 5.41) is 0. The van der Waals surface area contributed by atoms with Crippen LogP contribution in [0.15, 0.2) is 6.33 Å². The number of anilines is 1. The van der Waals surface area contributed by atoms with Crippen LogP contribution in [-0.2, 0) is 0 Å². The molecule has 0 atom stereocenters. The van der Waals surface area contributed by atoms with E-state index in [0.717, 1.165) is 0 Å². The number of aromatic nitrogens is 3. The van der Waals surface area contributed by atoms with Crippen LogP contribution in [0.4, 0.5) is 5.95 Å². The lowest BCUT2D eigenvalue weighted by atomic mass is 10.1. The fourth-order valence-electron chi connectivity index (χ4n) is 0.322. The molecule has 0 bridgehead atoms. The van der Waals surface area contributed by atoms with Crippen molar-refractivity contribution in [2.24, 2.45) is 0 Å². The highest BCUT2D eigenvalue weighted by atomic mass is 15.1. The molecule has 0 aromatic carbocycles. The number of hydrogen-bond acceptors (Lipinski definition) is 4.